The third kappa shape index (κ3) is 4.89. The van der Waals surface area contributed by atoms with Crippen molar-refractivity contribution in [2.45, 2.75) is 52.0 Å². The van der Waals surface area contributed by atoms with Gasteiger partial charge in [0, 0.05) is 36.2 Å². The number of H-pyrrole nitrogens is 1. The third-order valence-electron chi connectivity index (χ3n) is 5.41. The maximum Gasteiger partial charge on any atom is 0.319 e. The van der Waals surface area contributed by atoms with Crippen LogP contribution < -0.4 is 16.1 Å². The van der Waals surface area contributed by atoms with Crippen LogP contribution in [0.2, 0.25) is 0 Å². The monoisotopic (exact) mass is 370 g/mol. The fraction of sp³-hybridized carbons (Fsp3) is 0.524. The molecule has 1 atom stereocenters. The molecule has 6 nitrogen and oxygen atoms in total. The average Bonchev–Trinajstić information content (AvgIpc) is 2.68. The van der Waals surface area contributed by atoms with Gasteiger partial charge in [0.05, 0.1) is 0 Å². The van der Waals surface area contributed by atoms with Crippen molar-refractivity contribution in [1.82, 2.24) is 15.2 Å². The number of urea groups is 1. The average molecular weight is 370 g/mol. The van der Waals surface area contributed by atoms with Gasteiger partial charge in [-0.2, -0.15) is 0 Å². The molecular formula is C21H30N4O2. The van der Waals surface area contributed by atoms with E-state index in [-0.39, 0.29) is 17.1 Å². The van der Waals surface area contributed by atoms with Gasteiger partial charge >= 0.3 is 6.03 Å². The molecule has 0 spiro atoms. The first-order valence-corrected chi connectivity index (χ1v) is 9.99. The fourth-order valence-electron chi connectivity index (χ4n) is 3.89. The highest BCUT2D eigenvalue weighted by molar-refractivity contribution is 5.91. The minimum Gasteiger partial charge on any atom is -0.359 e. The topological polar surface area (TPSA) is 77.2 Å². The highest BCUT2D eigenvalue weighted by Gasteiger charge is 2.19. The second kappa shape index (κ2) is 9.04. The smallest absolute Gasteiger partial charge is 0.319 e. The second-order valence-electron chi connectivity index (χ2n) is 7.41. The maximum atomic E-state index is 12.6. The second-order valence-corrected chi connectivity index (χ2v) is 7.41. The summed E-state index contributed by atoms with van der Waals surface area (Å²) in [6.45, 7) is 6.96. The molecule has 3 N–H and O–H groups in total. The van der Waals surface area contributed by atoms with E-state index in [1.807, 2.05) is 25.1 Å². The fourth-order valence-corrected chi connectivity index (χ4v) is 3.89. The van der Waals surface area contributed by atoms with Crippen LogP contribution in [-0.4, -0.2) is 41.6 Å². The molecule has 1 aliphatic heterocycles. The Labute approximate surface area is 160 Å². The zero-order valence-electron chi connectivity index (χ0n) is 16.3. The zero-order chi connectivity index (χ0) is 19.2. The molecule has 2 amide bonds. The molecule has 0 saturated carbocycles. The van der Waals surface area contributed by atoms with Gasteiger partial charge in [0.2, 0.25) is 5.43 Å². The van der Waals surface area contributed by atoms with Gasteiger partial charge in [0.15, 0.2) is 0 Å². The Bertz CT molecular complexity index is 846. The Hall–Kier alpha value is -2.34. The van der Waals surface area contributed by atoms with Crippen LogP contribution in [0.15, 0.2) is 29.2 Å². The number of anilines is 1. The van der Waals surface area contributed by atoms with Gasteiger partial charge in [-0.15, -0.1) is 0 Å². The van der Waals surface area contributed by atoms with Gasteiger partial charge in [-0.25, -0.2) is 4.79 Å². The number of benzene rings is 1. The lowest BCUT2D eigenvalue weighted by atomic mass is 10.00. The van der Waals surface area contributed by atoms with Gasteiger partial charge in [-0.1, -0.05) is 25.0 Å². The SMILES string of the molecule is CC[C@H]1CCCCN1CCCNC(=O)Nc1c[nH]c2ccc(C)cc2c1=O. The van der Waals surface area contributed by atoms with E-state index in [9.17, 15) is 9.59 Å². The molecule has 1 aliphatic rings. The van der Waals surface area contributed by atoms with Crippen LogP contribution in [0.5, 0.6) is 0 Å². The summed E-state index contributed by atoms with van der Waals surface area (Å²) < 4.78 is 0. The lowest BCUT2D eigenvalue weighted by Gasteiger charge is -2.35. The minimum atomic E-state index is -0.335. The summed E-state index contributed by atoms with van der Waals surface area (Å²) in [5.41, 5.74) is 1.88. The molecule has 27 heavy (non-hydrogen) atoms. The van der Waals surface area contributed by atoms with E-state index in [2.05, 4.69) is 27.4 Å². The van der Waals surface area contributed by atoms with Gasteiger partial charge in [-0.3, -0.25) is 4.79 Å². The number of carbonyl (C=O) groups is 1. The first-order chi connectivity index (χ1) is 13.1. The Morgan fingerprint density at radius 1 is 1.33 bits per heavy atom. The number of hydrogen-bond donors (Lipinski definition) is 3. The van der Waals surface area contributed by atoms with Crippen LogP contribution in [0, 0.1) is 6.92 Å². The van der Waals surface area contributed by atoms with Crippen LogP contribution >= 0.6 is 0 Å². The van der Waals surface area contributed by atoms with Crippen molar-refractivity contribution in [2.24, 2.45) is 0 Å². The molecule has 1 aromatic heterocycles. The van der Waals surface area contributed by atoms with Crippen LogP contribution in [0.4, 0.5) is 10.5 Å². The molecule has 3 rings (SSSR count). The maximum absolute atomic E-state index is 12.6. The Kier molecular flexibility index (Phi) is 6.50. The highest BCUT2D eigenvalue weighted by atomic mass is 16.2. The van der Waals surface area contributed by atoms with E-state index in [1.54, 1.807) is 6.20 Å². The highest BCUT2D eigenvalue weighted by Crippen LogP contribution is 2.19. The summed E-state index contributed by atoms with van der Waals surface area (Å²) >= 11 is 0. The number of fused-ring (bicyclic) bond motifs is 1. The van der Waals surface area contributed by atoms with E-state index < -0.39 is 0 Å². The van der Waals surface area contributed by atoms with E-state index in [0.29, 0.717) is 18.0 Å². The molecule has 1 saturated heterocycles. The lowest BCUT2D eigenvalue weighted by Crippen LogP contribution is -2.41. The predicted molar refractivity (Wildman–Crippen MR) is 110 cm³/mol. The zero-order valence-corrected chi connectivity index (χ0v) is 16.3. The molecule has 6 heteroatoms. The number of pyridine rings is 1. The standard InChI is InChI=1S/C21H30N4O2/c1-3-16-7-4-5-11-25(16)12-6-10-22-21(27)24-19-14-23-18-9-8-15(2)13-17(18)20(19)26/h8-9,13-14,16H,3-7,10-12H2,1-2H3,(H,23,26)(H2,22,24,27)/t16-/m0/s1. The van der Waals surface area contributed by atoms with Crippen LogP contribution in [0.3, 0.4) is 0 Å². The van der Waals surface area contributed by atoms with Crippen molar-refractivity contribution >= 4 is 22.6 Å². The van der Waals surface area contributed by atoms with Gasteiger partial charge in [0.25, 0.3) is 0 Å². The van der Waals surface area contributed by atoms with Gasteiger partial charge < -0.3 is 20.5 Å². The Balaban J connectivity index is 1.50. The quantitative estimate of drug-likeness (QED) is 0.680. The molecule has 2 heterocycles. The minimum absolute atomic E-state index is 0.165. The van der Waals surface area contributed by atoms with Gasteiger partial charge in [-0.05, 0) is 51.3 Å². The summed E-state index contributed by atoms with van der Waals surface area (Å²) in [7, 11) is 0. The number of aromatic nitrogens is 1. The van der Waals surface area contributed by atoms with Crippen molar-refractivity contribution in [3.8, 4) is 0 Å². The molecule has 0 bridgehead atoms. The largest absolute Gasteiger partial charge is 0.359 e. The molecule has 0 aliphatic carbocycles. The summed E-state index contributed by atoms with van der Waals surface area (Å²) in [5.74, 6) is 0. The van der Waals surface area contributed by atoms with E-state index >= 15 is 0 Å². The number of hydrogen-bond acceptors (Lipinski definition) is 3. The number of carbonyl (C=O) groups excluding carboxylic acids is 1. The van der Waals surface area contributed by atoms with Crippen LogP contribution in [0.25, 0.3) is 10.9 Å². The lowest BCUT2D eigenvalue weighted by molar-refractivity contribution is 0.142. The van der Waals surface area contributed by atoms with Gasteiger partial charge in [0.1, 0.15) is 5.69 Å². The van der Waals surface area contributed by atoms with Crippen LogP contribution in [-0.2, 0) is 0 Å². The number of piperidine rings is 1. The van der Waals surface area contributed by atoms with E-state index in [1.165, 1.54) is 25.7 Å². The first-order valence-electron chi connectivity index (χ1n) is 9.99. The molecule has 1 aromatic carbocycles. The number of aryl methyl sites for hydroxylation is 1. The van der Waals surface area contributed by atoms with E-state index in [0.717, 1.165) is 30.6 Å². The van der Waals surface area contributed by atoms with Crippen molar-refractivity contribution < 1.29 is 4.79 Å². The molecule has 0 unspecified atom stereocenters. The van der Waals surface area contributed by atoms with Crippen molar-refractivity contribution in [3.05, 3.63) is 40.2 Å². The van der Waals surface area contributed by atoms with Crippen molar-refractivity contribution in [1.29, 1.82) is 0 Å². The number of likely N-dealkylation sites (tertiary alicyclic amines) is 1. The summed E-state index contributed by atoms with van der Waals surface area (Å²) in [6.07, 6.45) is 7.55. The van der Waals surface area contributed by atoms with Crippen LogP contribution in [0.1, 0.15) is 44.6 Å². The predicted octanol–water partition coefficient (Wildman–Crippen LogP) is 3.61. The number of aromatic amines is 1. The normalized spacial score (nSPS) is 17.8. The Morgan fingerprint density at radius 2 is 2.19 bits per heavy atom. The molecule has 146 valence electrons. The first kappa shape index (κ1) is 19.4. The molecule has 0 radical (unpaired) electrons. The molecule has 1 fully saturated rings. The summed E-state index contributed by atoms with van der Waals surface area (Å²) in [6, 6.07) is 6.01. The van der Waals surface area contributed by atoms with E-state index in [4.69, 9.17) is 0 Å². The number of nitrogens with one attached hydrogen (secondary N) is 3. The number of nitrogens with zero attached hydrogens (tertiary/aromatic N) is 1. The van der Waals surface area contributed by atoms with Crippen molar-refractivity contribution in [3.63, 3.8) is 0 Å². The molecular weight excluding hydrogens is 340 g/mol. The van der Waals surface area contributed by atoms with Crippen molar-refractivity contribution in [2.75, 3.05) is 25.0 Å². The summed E-state index contributed by atoms with van der Waals surface area (Å²) in [5, 5.41) is 6.12. The Morgan fingerprint density at radius 3 is 3.00 bits per heavy atom. The number of rotatable bonds is 6. The molecule has 2 aromatic rings. The summed E-state index contributed by atoms with van der Waals surface area (Å²) in [4.78, 5) is 30.3. The number of amides is 2. The third-order valence-corrected chi connectivity index (χ3v) is 5.41.